The predicted octanol–water partition coefficient (Wildman–Crippen LogP) is 11.7. The fourth-order valence-electron chi connectivity index (χ4n) is 6.90. The zero-order valence-corrected chi connectivity index (χ0v) is 28.4. The van der Waals surface area contributed by atoms with E-state index in [0.29, 0.717) is 17.5 Å². The van der Waals surface area contributed by atoms with Gasteiger partial charge in [-0.15, -0.1) is 0 Å². The fourth-order valence-corrected chi connectivity index (χ4v) is 6.90. The Morgan fingerprint density at radius 1 is 0.302 bits per heavy atom. The first-order valence-corrected chi connectivity index (χ1v) is 17.5. The van der Waals surface area contributed by atoms with E-state index in [0.717, 1.165) is 83.3 Å². The standard InChI is InChI=1S/C47H29N5O/c1-3-12-33(13-4-1)45-50-46(34-14-5-2-6-15-34)52-47(51-45)35-28-26-32(27-29-35)43-42(48-39-19-8-9-20-40(39)49-43)31-24-22-30(23-25-31)36-17-11-18-38-37-16-7-10-21-41(37)53-44(36)38/h1-29H. The fraction of sp³-hybridized carbons (Fsp3) is 0. The molecule has 3 aromatic heterocycles. The van der Waals surface area contributed by atoms with Crippen LogP contribution in [-0.2, 0) is 0 Å². The molecule has 0 aliphatic rings. The van der Waals surface area contributed by atoms with Crippen molar-refractivity contribution in [2.24, 2.45) is 0 Å². The summed E-state index contributed by atoms with van der Waals surface area (Å²) >= 11 is 0. The summed E-state index contributed by atoms with van der Waals surface area (Å²) in [4.78, 5) is 25.0. The second-order valence-electron chi connectivity index (χ2n) is 12.9. The first-order valence-electron chi connectivity index (χ1n) is 17.5. The molecular formula is C47H29N5O. The Balaban J connectivity index is 1.05. The average Bonchev–Trinajstić information content (AvgIpc) is 3.63. The van der Waals surface area contributed by atoms with Gasteiger partial charge in [-0.05, 0) is 23.8 Å². The summed E-state index contributed by atoms with van der Waals surface area (Å²) in [6.07, 6.45) is 0. The summed E-state index contributed by atoms with van der Waals surface area (Å²) in [5.74, 6) is 1.85. The van der Waals surface area contributed by atoms with Crippen molar-refractivity contribution in [1.29, 1.82) is 0 Å². The van der Waals surface area contributed by atoms with Gasteiger partial charge in [-0.3, -0.25) is 0 Å². The van der Waals surface area contributed by atoms with Crippen LogP contribution in [0.1, 0.15) is 0 Å². The monoisotopic (exact) mass is 679 g/mol. The van der Waals surface area contributed by atoms with Crippen LogP contribution in [0.4, 0.5) is 0 Å². The van der Waals surface area contributed by atoms with E-state index in [2.05, 4.69) is 60.7 Å². The minimum absolute atomic E-state index is 0.601. The Morgan fingerprint density at radius 3 is 1.30 bits per heavy atom. The highest BCUT2D eigenvalue weighted by atomic mass is 16.3. The van der Waals surface area contributed by atoms with Crippen LogP contribution in [0, 0.1) is 0 Å². The second-order valence-corrected chi connectivity index (χ2v) is 12.9. The van der Waals surface area contributed by atoms with Crippen molar-refractivity contribution in [3.63, 3.8) is 0 Å². The number of hydrogen-bond donors (Lipinski definition) is 0. The van der Waals surface area contributed by atoms with Crippen molar-refractivity contribution in [1.82, 2.24) is 24.9 Å². The van der Waals surface area contributed by atoms with Crippen molar-refractivity contribution < 1.29 is 4.42 Å². The number of para-hydroxylation sites is 4. The molecule has 0 unspecified atom stereocenters. The highest BCUT2D eigenvalue weighted by Crippen LogP contribution is 2.38. The van der Waals surface area contributed by atoms with Crippen molar-refractivity contribution in [3.8, 4) is 67.8 Å². The molecule has 0 radical (unpaired) electrons. The van der Waals surface area contributed by atoms with Crippen LogP contribution in [0.5, 0.6) is 0 Å². The molecule has 0 amide bonds. The summed E-state index contributed by atoms with van der Waals surface area (Å²) in [5, 5.41) is 2.23. The Bertz CT molecular complexity index is 2860. The van der Waals surface area contributed by atoms with E-state index in [9.17, 15) is 0 Å². The number of fused-ring (bicyclic) bond motifs is 4. The second kappa shape index (κ2) is 12.8. The van der Waals surface area contributed by atoms with Crippen molar-refractivity contribution >= 4 is 33.0 Å². The molecule has 6 nitrogen and oxygen atoms in total. The summed E-state index contributed by atoms with van der Waals surface area (Å²) < 4.78 is 6.34. The Morgan fingerprint density at radius 2 is 0.736 bits per heavy atom. The van der Waals surface area contributed by atoms with Crippen molar-refractivity contribution in [2.45, 2.75) is 0 Å². The maximum Gasteiger partial charge on any atom is 0.164 e. The first kappa shape index (κ1) is 30.5. The summed E-state index contributed by atoms with van der Waals surface area (Å²) in [5.41, 5.74) is 11.8. The molecule has 53 heavy (non-hydrogen) atoms. The highest BCUT2D eigenvalue weighted by Gasteiger charge is 2.17. The zero-order chi connectivity index (χ0) is 35.1. The van der Waals surface area contributed by atoms with Gasteiger partial charge in [0.2, 0.25) is 0 Å². The maximum atomic E-state index is 6.34. The molecule has 3 heterocycles. The van der Waals surface area contributed by atoms with Gasteiger partial charge in [0.05, 0.1) is 22.4 Å². The predicted molar refractivity (Wildman–Crippen MR) is 213 cm³/mol. The van der Waals surface area contributed by atoms with Gasteiger partial charge in [0.25, 0.3) is 0 Å². The summed E-state index contributed by atoms with van der Waals surface area (Å²) in [7, 11) is 0. The summed E-state index contributed by atoms with van der Waals surface area (Å²) in [6, 6.07) is 59.3. The van der Waals surface area contributed by atoms with Gasteiger partial charge in [0.15, 0.2) is 17.5 Å². The van der Waals surface area contributed by atoms with E-state index in [1.807, 2.05) is 115 Å². The minimum atomic E-state index is 0.601. The van der Waals surface area contributed by atoms with E-state index in [4.69, 9.17) is 29.3 Å². The third kappa shape index (κ3) is 5.59. The largest absolute Gasteiger partial charge is 0.455 e. The topological polar surface area (TPSA) is 77.6 Å². The minimum Gasteiger partial charge on any atom is -0.455 e. The lowest BCUT2D eigenvalue weighted by Gasteiger charge is -2.12. The molecule has 0 saturated heterocycles. The van der Waals surface area contributed by atoms with Crippen molar-refractivity contribution in [3.05, 3.63) is 176 Å². The Labute approximate surface area is 305 Å². The lowest BCUT2D eigenvalue weighted by molar-refractivity contribution is 0.670. The molecule has 0 N–H and O–H groups in total. The molecule has 0 atom stereocenters. The number of hydrogen-bond acceptors (Lipinski definition) is 6. The van der Waals surface area contributed by atoms with E-state index in [1.54, 1.807) is 0 Å². The zero-order valence-electron chi connectivity index (χ0n) is 28.4. The molecule has 0 aliphatic heterocycles. The molecule has 0 bridgehead atoms. The van der Waals surface area contributed by atoms with Gasteiger partial charge in [0, 0.05) is 44.2 Å². The Hall–Kier alpha value is -7.31. The third-order valence-corrected chi connectivity index (χ3v) is 9.56. The molecule has 0 aliphatic carbocycles. The van der Waals surface area contributed by atoms with Gasteiger partial charge in [0.1, 0.15) is 11.2 Å². The average molecular weight is 680 g/mol. The number of furan rings is 1. The molecular weight excluding hydrogens is 651 g/mol. The number of rotatable bonds is 6. The van der Waals surface area contributed by atoms with E-state index in [-0.39, 0.29) is 0 Å². The van der Waals surface area contributed by atoms with E-state index >= 15 is 0 Å². The summed E-state index contributed by atoms with van der Waals surface area (Å²) in [6.45, 7) is 0. The van der Waals surface area contributed by atoms with Crippen molar-refractivity contribution in [2.75, 3.05) is 0 Å². The van der Waals surface area contributed by atoms with Gasteiger partial charge >= 0.3 is 0 Å². The maximum absolute atomic E-state index is 6.34. The van der Waals surface area contributed by atoms with E-state index < -0.39 is 0 Å². The van der Waals surface area contributed by atoms with Gasteiger partial charge in [-0.25, -0.2) is 24.9 Å². The normalized spacial score (nSPS) is 11.4. The quantitative estimate of drug-likeness (QED) is 0.174. The molecule has 10 aromatic rings. The van der Waals surface area contributed by atoms with E-state index in [1.165, 1.54) is 0 Å². The van der Waals surface area contributed by atoms with Crippen LogP contribution >= 0.6 is 0 Å². The lowest BCUT2D eigenvalue weighted by Crippen LogP contribution is -2.00. The van der Waals surface area contributed by atoms with Crippen LogP contribution in [0.25, 0.3) is 101 Å². The molecule has 6 heteroatoms. The molecule has 10 rings (SSSR count). The molecule has 0 spiro atoms. The molecule has 0 fully saturated rings. The van der Waals surface area contributed by atoms with Crippen LogP contribution in [0.15, 0.2) is 180 Å². The van der Waals surface area contributed by atoms with Gasteiger partial charge < -0.3 is 4.42 Å². The lowest BCUT2D eigenvalue weighted by atomic mass is 9.98. The Kier molecular flexibility index (Phi) is 7.36. The molecule has 0 saturated carbocycles. The van der Waals surface area contributed by atoms with Gasteiger partial charge in [-0.1, -0.05) is 158 Å². The molecule has 248 valence electrons. The van der Waals surface area contributed by atoms with Crippen LogP contribution in [-0.4, -0.2) is 24.9 Å². The van der Waals surface area contributed by atoms with Crippen LogP contribution < -0.4 is 0 Å². The van der Waals surface area contributed by atoms with Crippen LogP contribution in [0.3, 0.4) is 0 Å². The molecule has 7 aromatic carbocycles. The number of nitrogens with zero attached hydrogens (tertiary/aromatic N) is 5. The smallest absolute Gasteiger partial charge is 0.164 e. The SMILES string of the molecule is c1ccc(-c2nc(-c3ccccc3)nc(-c3ccc(-c4nc5ccccc5nc4-c4ccc(-c5cccc6c5oc5ccccc56)cc4)cc3)n2)cc1. The van der Waals surface area contributed by atoms with Gasteiger partial charge in [-0.2, -0.15) is 0 Å². The number of benzene rings is 7. The van der Waals surface area contributed by atoms with Crippen LogP contribution in [0.2, 0.25) is 0 Å². The third-order valence-electron chi connectivity index (χ3n) is 9.56. The number of aromatic nitrogens is 5. The first-order chi connectivity index (χ1) is 26.2. The highest BCUT2D eigenvalue weighted by molar-refractivity contribution is 6.09.